The van der Waals surface area contributed by atoms with Crippen LogP contribution < -0.4 is 5.32 Å². The van der Waals surface area contributed by atoms with Crippen molar-refractivity contribution in [2.24, 2.45) is 7.05 Å². The van der Waals surface area contributed by atoms with E-state index < -0.39 is 0 Å². The molecule has 1 unspecified atom stereocenters. The second-order valence-corrected chi connectivity index (χ2v) is 3.61. The van der Waals surface area contributed by atoms with Crippen molar-refractivity contribution >= 4 is 15.9 Å². The summed E-state index contributed by atoms with van der Waals surface area (Å²) in [6, 6.07) is 0.505. The van der Waals surface area contributed by atoms with Gasteiger partial charge in [-0.2, -0.15) is 5.10 Å². The van der Waals surface area contributed by atoms with E-state index in [2.05, 4.69) is 33.3 Å². The Hall–Kier alpha value is -0.350. The molecular formula is C8H14BrN3. The van der Waals surface area contributed by atoms with E-state index in [4.69, 9.17) is 0 Å². The molecule has 0 saturated carbocycles. The molecule has 0 aliphatic rings. The number of aromatic nitrogens is 2. The maximum Gasteiger partial charge on any atom is 0.0534 e. The molecule has 1 aromatic heterocycles. The van der Waals surface area contributed by atoms with Crippen molar-refractivity contribution in [3.05, 3.63) is 18.0 Å². The van der Waals surface area contributed by atoms with E-state index in [1.165, 1.54) is 5.56 Å². The van der Waals surface area contributed by atoms with Gasteiger partial charge in [0.2, 0.25) is 0 Å². The van der Waals surface area contributed by atoms with Gasteiger partial charge in [0.05, 0.1) is 6.20 Å². The molecule has 12 heavy (non-hydrogen) atoms. The Morgan fingerprint density at radius 3 is 3.00 bits per heavy atom. The van der Waals surface area contributed by atoms with Crippen molar-refractivity contribution in [3.63, 3.8) is 0 Å². The Balaban J connectivity index is 2.33. The van der Waals surface area contributed by atoms with Crippen LogP contribution in [0.3, 0.4) is 0 Å². The molecular weight excluding hydrogens is 218 g/mol. The molecule has 0 aromatic carbocycles. The average molecular weight is 232 g/mol. The zero-order chi connectivity index (χ0) is 8.97. The normalized spacial score (nSPS) is 13.2. The van der Waals surface area contributed by atoms with Gasteiger partial charge in [-0.15, -0.1) is 0 Å². The summed E-state index contributed by atoms with van der Waals surface area (Å²) in [7, 11) is 1.93. The second kappa shape index (κ2) is 4.62. The minimum absolute atomic E-state index is 0.505. The molecule has 0 fully saturated rings. The summed E-state index contributed by atoms with van der Waals surface area (Å²) in [5, 5.41) is 8.43. The Bertz CT molecular complexity index is 234. The van der Waals surface area contributed by atoms with Crippen LogP contribution in [-0.4, -0.2) is 21.2 Å². The van der Waals surface area contributed by atoms with E-state index in [1.54, 1.807) is 0 Å². The Morgan fingerprint density at radius 1 is 1.75 bits per heavy atom. The summed E-state index contributed by atoms with van der Waals surface area (Å²) in [5.74, 6) is 0. The molecule has 0 saturated heterocycles. The number of aryl methyl sites for hydroxylation is 1. The second-order valence-electron chi connectivity index (χ2n) is 2.96. The molecule has 0 radical (unpaired) electrons. The van der Waals surface area contributed by atoms with Crippen molar-refractivity contribution in [2.75, 3.05) is 5.33 Å². The maximum absolute atomic E-state index is 4.09. The van der Waals surface area contributed by atoms with E-state index >= 15 is 0 Å². The lowest BCUT2D eigenvalue weighted by Crippen LogP contribution is -2.26. The van der Waals surface area contributed by atoms with Crippen molar-refractivity contribution in [1.82, 2.24) is 15.1 Å². The molecule has 1 atom stereocenters. The van der Waals surface area contributed by atoms with Crippen LogP contribution in [0.2, 0.25) is 0 Å². The molecule has 3 nitrogen and oxygen atoms in total. The van der Waals surface area contributed by atoms with Gasteiger partial charge in [0.1, 0.15) is 0 Å². The standard InChI is InChI=1S/C8H14BrN3/c1-7(3-9)10-4-8-5-11-12(2)6-8/h5-7,10H,3-4H2,1-2H3. The zero-order valence-electron chi connectivity index (χ0n) is 7.42. The lowest BCUT2D eigenvalue weighted by molar-refractivity contribution is 0.598. The van der Waals surface area contributed by atoms with E-state index in [1.807, 2.05) is 24.1 Å². The van der Waals surface area contributed by atoms with Crippen LogP contribution in [0.1, 0.15) is 12.5 Å². The van der Waals surface area contributed by atoms with Crippen molar-refractivity contribution in [2.45, 2.75) is 19.5 Å². The Labute approximate surface area is 81.3 Å². The Morgan fingerprint density at radius 2 is 2.50 bits per heavy atom. The SMILES string of the molecule is CC(CBr)NCc1cnn(C)c1. The molecule has 4 heteroatoms. The highest BCUT2D eigenvalue weighted by molar-refractivity contribution is 9.09. The zero-order valence-corrected chi connectivity index (χ0v) is 9.00. The van der Waals surface area contributed by atoms with Crippen LogP contribution in [0, 0.1) is 0 Å². The number of nitrogens with one attached hydrogen (secondary N) is 1. The van der Waals surface area contributed by atoms with Gasteiger partial charge >= 0.3 is 0 Å². The van der Waals surface area contributed by atoms with Gasteiger partial charge in [-0.05, 0) is 6.92 Å². The van der Waals surface area contributed by atoms with Crippen LogP contribution in [0.5, 0.6) is 0 Å². The number of halogens is 1. The lowest BCUT2D eigenvalue weighted by atomic mass is 10.3. The van der Waals surface area contributed by atoms with Crippen LogP contribution >= 0.6 is 15.9 Å². The fourth-order valence-electron chi connectivity index (χ4n) is 0.910. The highest BCUT2D eigenvalue weighted by Gasteiger charge is 1.99. The summed E-state index contributed by atoms with van der Waals surface area (Å²) in [5.41, 5.74) is 1.23. The molecule has 0 spiro atoms. The van der Waals surface area contributed by atoms with Crippen LogP contribution in [-0.2, 0) is 13.6 Å². The molecule has 1 rings (SSSR count). The summed E-state index contributed by atoms with van der Waals surface area (Å²) >= 11 is 3.41. The highest BCUT2D eigenvalue weighted by atomic mass is 79.9. The van der Waals surface area contributed by atoms with E-state index in [9.17, 15) is 0 Å². The van der Waals surface area contributed by atoms with Gasteiger partial charge in [0.25, 0.3) is 0 Å². The van der Waals surface area contributed by atoms with Crippen molar-refractivity contribution in [3.8, 4) is 0 Å². The first-order valence-corrected chi connectivity index (χ1v) is 5.11. The molecule has 1 heterocycles. The van der Waals surface area contributed by atoms with Gasteiger partial charge in [-0.25, -0.2) is 0 Å². The highest BCUT2D eigenvalue weighted by Crippen LogP contribution is 1.97. The van der Waals surface area contributed by atoms with Gasteiger partial charge < -0.3 is 5.32 Å². The van der Waals surface area contributed by atoms with E-state index in [-0.39, 0.29) is 0 Å². The minimum atomic E-state index is 0.505. The largest absolute Gasteiger partial charge is 0.309 e. The summed E-state index contributed by atoms with van der Waals surface area (Å²) in [6.45, 7) is 3.03. The third kappa shape index (κ3) is 2.95. The maximum atomic E-state index is 4.09. The molecule has 0 bridgehead atoms. The molecule has 68 valence electrons. The van der Waals surface area contributed by atoms with Gasteiger partial charge in [-0.3, -0.25) is 4.68 Å². The molecule has 0 aliphatic carbocycles. The third-order valence-corrected chi connectivity index (χ3v) is 2.62. The predicted octanol–water partition coefficient (Wildman–Crippen LogP) is 1.29. The van der Waals surface area contributed by atoms with Crippen LogP contribution in [0.4, 0.5) is 0 Å². The number of nitrogens with zero attached hydrogens (tertiary/aromatic N) is 2. The lowest BCUT2D eigenvalue weighted by Gasteiger charge is -2.08. The van der Waals surface area contributed by atoms with Crippen molar-refractivity contribution < 1.29 is 0 Å². The van der Waals surface area contributed by atoms with Crippen LogP contribution in [0.25, 0.3) is 0 Å². The molecule has 0 aliphatic heterocycles. The van der Waals surface area contributed by atoms with Gasteiger partial charge in [-0.1, -0.05) is 15.9 Å². The fraction of sp³-hybridized carbons (Fsp3) is 0.625. The van der Waals surface area contributed by atoms with Crippen LogP contribution in [0.15, 0.2) is 12.4 Å². The predicted molar refractivity (Wildman–Crippen MR) is 53.3 cm³/mol. The average Bonchev–Trinajstić information content (AvgIpc) is 2.47. The first-order chi connectivity index (χ1) is 5.72. The summed E-state index contributed by atoms with van der Waals surface area (Å²) < 4.78 is 1.82. The van der Waals surface area contributed by atoms with Gasteiger partial charge in [0, 0.05) is 36.7 Å². The first-order valence-electron chi connectivity index (χ1n) is 3.99. The number of alkyl halides is 1. The fourth-order valence-corrected chi connectivity index (χ4v) is 1.14. The van der Waals surface area contributed by atoms with Gasteiger partial charge in [0.15, 0.2) is 0 Å². The third-order valence-electron chi connectivity index (χ3n) is 1.64. The Kier molecular flexibility index (Phi) is 3.75. The number of hydrogen-bond acceptors (Lipinski definition) is 2. The topological polar surface area (TPSA) is 29.9 Å². The quantitative estimate of drug-likeness (QED) is 0.793. The number of hydrogen-bond donors (Lipinski definition) is 1. The van der Waals surface area contributed by atoms with E-state index in [0.29, 0.717) is 6.04 Å². The minimum Gasteiger partial charge on any atom is -0.309 e. The summed E-state index contributed by atoms with van der Waals surface area (Å²) in [6.07, 6.45) is 3.90. The molecule has 1 aromatic rings. The summed E-state index contributed by atoms with van der Waals surface area (Å²) in [4.78, 5) is 0. The van der Waals surface area contributed by atoms with Crippen molar-refractivity contribution in [1.29, 1.82) is 0 Å². The number of rotatable bonds is 4. The smallest absolute Gasteiger partial charge is 0.0534 e. The first kappa shape index (κ1) is 9.74. The molecule has 1 N–H and O–H groups in total. The monoisotopic (exact) mass is 231 g/mol. The van der Waals surface area contributed by atoms with E-state index in [0.717, 1.165) is 11.9 Å². The molecule has 0 amide bonds.